The van der Waals surface area contributed by atoms with Gasteiger partial charge in [-0.2, -0.15) is 0 Å². The van der Waals surface area contributed by atoms with Crippen molar-refractivity contribution in [3.63, 3.8) is 0 Å². The first-order chi connectivity index (χ1) is 13.8. The van der Waals surface area contributed by atoms with Crippen LogP contribution in [0, 0.1) is 0 Å². The monoisotopic (exact) mass is 518 g/mol. The predicted octanol–water partition coefficient (Wildman–Crippen LogP) is 2.76. The third kappa shape index (κ3) is 6.36. The van der Waals surface area contributed by atoms with Gasteiger partial charge in [-0.3, -0.25) is 9.89 Å². The molecule has 2 heterocycles. The zero-order valence-corrected chi connectivity index (χ0v) is 20.2. The summed E-state index contributed by atoms with van der Waals surface area (Å²) in [6.45, 7) is 9.24. The average Bonchev–Trinajstić information content (AvgIpc) is 3.28. The summed E-state index contributed by atoms with van der Waals surface area (Å²) >= 11 is 0. The van der Waals surface area contributed by atoms with Crippen LogP contribution in [0.2, 0.25) is 0 Å². The molecule has 1 unspecified atom stereocenters. The molecule has 1 aromatic rings. The Bertz CT molecular complexity index is 647. The molecule has 1 atom stereocenters. The van der Waals surface area contributed by atoms with Gasteiger partial charge in [0.05, 0.1) is 40.0 Å². The second kappa shape index (κ2) is 12.4. The van der Waals surface area contributed by atoms with Gasteiger partial charge < -0.3 is 24.4 Å². The lowest BCUT2D eigenvalue weighted by atomic mass is 10.0. The van der Waals surface area contributed by atoms with Crippen molar-refractivity contribution in [1.82, 2.24) is 15.1 Å². The number of hydrogen-bond acceptors (Lipinski definition) is 5. The largest absolute Gasteiger partial charge is 0.493 e. The zero-order valence-electron chi connectivity index (χ0n) is 17.9. The molecule has 8 heteroatoms. The molecule has 1 N–H and O–H groups in total. The van der Waals surface area contributed by atoms with Gasteiger partial charge in [-0.25, -0.2) is 0 Å². The van der Waals surface area contributed by atoms with Crippen LogP contribution >= 0.6 is 24.0 Å². The van der Waals surface area contributed by atoms with Crippen molar-refractivity contribution in [1.29, 1.82) is 0 Å². The maximum Gasteiger partial charge on any atom is 0.193 e. The molecule has 2 fully saturated rings. The van der Waals surface area contributed by atoms with Gasteiger partial charge in [0.15, 0.2) is 17.5 Å². The fraction of sp³-hybridized carbons (Fsp3) is 0.667. The van der Waals surface area contributed by atoms with Gasteiger partial charge in [-0.15, -0.1) is 24.0 Å². The molecule has 0 saturated carbocycles. The van der Waals surface area contributed by atoms with Gasteiger partial charge in [-0.1, -0.05) is 6.07 Å². The Morgan fingerprint density at radius 3 is 2.41 bits per heavy atom. The highest BCUT2D eigenvalue weighted by Gasteiger charge is 2.24. The van der Waals surface area contributed by atoms with E-state index in [-0.39, 0.29) is 30.0 Å². The minimum absolute atomic E-state index is 0. The molecule has 2 aliphatic heterocycles. The van der Waals surface area contributed by atoms with E-state index in [1.165, 1.54) is 18.4 Å². The number of hydrogen-bond donors (Lipinski definition) is 1. The van der Waals surface area contributed by atoms with Crippen molar-refractivity contribution in [2.75, 3.05) is 66.7 Å². The van der Waals surface area contributed by atoms with E-state index >= 15 is 0 Å². The van der Waals surface area contributed by atoms with Crippen molar-refractivity contribution in [3.05, 3.63) is 23.8 Å². The van der Waals surface area contributed by atoms with Gasteiger partial charge in [-0.05, 0) is 37.5 Å². The summed E-state index contributed by atoms with van der Waals surface area (Å²) < 4.78 is 16.5. The lowest BCUT2D eigenvalue weighted by Crippen LogP contribution is -2.42. The summed E-state index contributed by atoms with van der Waals surface area (Å²) in [6, 6.07) is 6.37. The number of aliphatic imine (C=N–C) groups is 1. The third-order valence-electron chi connectivity index (χ3n) is 5.43. The van der Waals surface area contributed by atoms with Crippen LogP contribution in [0.25, 0.3) is 0 Å². The Balaban J connectivity index is 0.00000300. The van der Waals surface area contributed by atoms with Crippen molar-refractivity contribution in [3.8, 4) is 11.5 Å². The van der Waals surface area contributed by atoms with Crippen LogP contribution in [0.5, 0.6) is 11.5 Å². The van der Waals surface area contributed by atoms with Crippen molar-refractivity contribution < 1.29 is 14.2 Å². The van der Waals surface area contributed by atoms with E-state index in [2.05, 4.69) is 34.2 Å². The van der Waals surface area contributed by atoms with E-state index in [1.54, 1.807) is 14.2 Å². The van der Waals surface area contributed by atoms with Gasteiger partial charge in [0, 0.05) is 32.7 Å². The molecule has 2 saturated heterocycles. The molecule has 3 rings (SSSR count). The summed E-state index contributed by atoms with van der Waals surface area (Å²) in [5.41, 5.74) is 1.19. The highest BCUT2D eigenvalue weighted by molar-refractivity contribution is 14.0. The number of likely N-dealkylation sites (tertiary alicyclic amines) is 1. The molecular weight excluding hydrogens is 483 g/mol. The number of benzene rings is 1. The number of guanidine groups is 1. The molecule has 1 aromatic carbocycles. The molecule has 0 aromatic heterocycles. The fourth-order valence-electron chi connectivity index (χ4n) is 3.91. The number of halogens is 1. The topological polar surface area (TPSA) is 58.6 Å². The second-order valence-corrected chi connectivity index (χ2v) is 7.17. The Morgan fingerprint density at radius 2 is 1.79 bits per heavy atom. The Labute approximate surface area is 191 Å². The molecule has 0 amide bonds. The SMILES string of the molecule is CCNC(=NCC(c1ccc(OC)c(OC)c1)N1CCOCC1)N1CCCC1.I. The van der Waals surface area contributed by atoms with Crippen LogP contribution in [0.1, 0.15) is 31.4 Å². The van der Waals surface area contributed by atoms with E-state index in [4.69, 9.17) is 19.2 Å². The van der Waals surface area contributed by atoms with Crippen LogP contribution in [0.3, 0.4) is 0 Å². The first-order valence-corrected chi connectivity index (χ1v) is 10.3. The van der Waals surface area contributed by atoms with Crippen molar-refractivity contribution in [2.45, 2.75) is 25.8 Å². The molecule has 0 radical (unpaired) electrons. The zero-order chi connectivity index (χ0) is 19.8. The smallest absolute Gasteiger partial charge is 0.193 e. The lowest BCUT2D eigenvalue weighted by molar-refractivity contribution is 0.0179. The van der Waals surface area contributed by atoms with Gasteiger partial charge >= 0.3 is 0 Å². The third-order valence-corrected chi connectivity index (χ3v) is 5.43. The molecular formula is C21H35IN4O3. The average molecular weight is 518 g/mol. The van der Waals surface area contributed by atoms with Crippen LogP contribution < -0.4 is 14.8 Å². The minimum Gasteiger partial charge on any atom is -0.493 e. The van der Waals surface area contributed by atoms with Crippen LogP contribution in [0.4, 0.5) is 0 Å². The first-order valence-electron chi connectivity index (χ1n) is 10.3. The van der Waals surface area contributed by atoms with Crippen LogP contribution in [-0.4, -0.2) is 82.5 Å². The molecule has 7 nitrogen and oxygen atoms in total. The van der Waals surface area contributed by atoms with Crippen LogP contribution in [-0.2, 0) is 4.74 Å². The number of nitrogens with zero attached hydrogens (tertiary/aromatic N) is 3. The first kappa shape index (κ1) is 24.0. The van der Waals surface area contributed by atoms with Gasteiger partial charge in [0.2, 0.25) is 0 Å². The molecule has 164 valence electrons. The summed E-state index contributed by atoms with van der Waals surface area (Å²) in [5.74, 6) is 2.54. The summed E-state index contributed by atoms with van der Waals surface area (Å²) in [4.78, 5) is 9.85. The van der Waals surface area contributed by atoms with E-state index in [0.717, 1.165) is 63.4 Å². The highest BCUT2D eigenvalue weighted by atomic mass is 127. The Morgan fingerprint density at radius 1 is 1.10 bits per heavy atom. The number of rotatable bonds is 7. The predicted molar refractivity (Wildman–Crippen MR) is 127 cm³/mol. The quantitative estimate of drug-likeness (QED) is 0.341. The number of nitrogens with one attached hydrogen (secondary N) is 1. The molecule has 29 heavy (non-hydrogen) atoms. The maximum absolute atomic E-state index is 5.57. The van der Waals surface area contributed by atoms with Crippen molar-refractivity contribution >= 4 is 29.9 Å². The Hall–Kier alpha value is -1.26. The normalized spacial score (nSPS) is 18.9. The van der Waals surface area contributed by atoms with E-state index in [9.17, 15) is 0 Å². The summed E-state index contributed by atoms with van der Waals surface area (Å²) in [7, 11) is 3.35. The fourth-order valence-corrected chi connectivity index (χ4v) is 3.91. The molecule has 0 bridgehead atoms. The molecule has 2 aliphatic rings. The highest BCUT2D eigenvalue weighted by Crippen LogP contribution is 2.32. The minimum atomic E-state index is 0. The second-order valence-electron chi connectivity index (χ2n) is 7.17. The van der Waals surface area contributed by atoms with E-state index < -0.39 is 0 Å². The van der Waals surface area contributed by atoms with Gasteiger partial charge in [0.1, 0.15) is 0 Å². The molecule has 0 spiro atoms. The van der Waals surface area contributed by atoms with E-state index in [1.807, 2.05) is 6.07 Å². The standard InChI is InChI=1S/C21H34N4O3.HI/c1-4-22-21(25-9-5-6-10-25)23-16-18(24-11-13-28-14-12-24)17-7-8-19(26-2)20(15-17)27-3;/h7-8,15,18H,4-6,9-14,16H2,1-3H3,(H,22,23);1H. The number of morpholine rings is 1. The maximum atomic E-state index is 5.57. The number of ether oxygens (including phenoxy) is 3. The molecule has 0 aliphatic carbocycles. The van der Waals surface area contributed by atoms with Gasteiger partial charge in [0.25, 0.3) is 0 Å². The summed E-state index contributed by atoms with van der Waals surface area (Å²) in [5, 5.41) is 3.46. The number of methoxy groups -OCH3 is 2. The summed E-state index contributed by atoms with van der Waals surface area (Å²) in [6.07, 6.45) is 2.49. The lowest BCUT2D eigenvalue weighted by Gasteiger charge is -2.34. The van der Waals surface area contributed by atoms with Crippen molar-refractivity contribution in [2.24, 2.45) is 4.99 Å². The van der Waals surface area contributed by atoms with Crippen LogP contribution in [0.15, 0.2) is 23.2 Å². The Kier molecular flexibility index (Phi) is 10.3. The van der Waals surface area contributed by atoms with E-state index in [0.29, 0.717) is 6.54 Å².